The standard InChI is InChI=1S/C23H23ClN4O3/c1-23(2,3)31-22(29)27-9-10-28-18-5-4-6-19(21(18)26-20(28)13-27)30-14-15-7-8-17(24)11-16(15)12-25/h4-8,11H,9-10,13-14H2,1-3H3. The van der Waals surface area contributed by atoms with E-state index in [0.29, 0.717) is 36.0 Å². The number of fused-ring (bicyclic) bond motifs is 3. The summed E-state index contributed by atoms with van der Waals surface area (Å²) in [6.45, 7) is 7.34. The molecule has 8 heteroatoms. The van der Waals surface area contributed by atoms with Gasteiger partial charge in [0, 0.05) is 23.7 Å². The Kier molecular flexibility index (Phi) is 5.50. The number of imidazole rings is 1. The molecule has 0 spiro atoms. The van der Waals surface area contributed by atoms with Gasteiger partial charge in [0.2, 0.25) is 0 Å². The first kappa shape index (κ1) is 21.0. The molecule has 1 aromatic heterocycles. The van der Waals surface area contributed by atoms with Crippen molar-refractivity contribution in [1.82, 2.24) is 14.5 Å². The fourth-order valence-electron chi connectivity index (χ4n) is 3.54. The van der Waals surface area contributed by atoms with Gasteiger partial charge < -0.3 is 14.0 Å². The topological polar surface area (TPSA) is 80.4 Å². The molecule has 0 radical (unpaired) electrons. The zero-order chi connectivity index (χ0) is 22.2. The summed E-state index contributed by atoms with van der Waals surface area (Å²) in [7, 11) is 0. The predicted octanol–water partition coefficient (Wildman–Crippen LogP) is 4.89. The van der Waals surface area contributed by atoms with Gasteiger partial charge in [0.05, 0.1) is 23.7 Å². The second-order valence-electron chi connectivity index (χ2n) is 8.41. The Labute approximate surface area is 185 Å². The average Bonchev–Trinajstić information content (AvgIpc) is 3.10. The number of hydrogen-bond acceptors (Lipinski definition) is 5. The monoisotopic (exact) mass is 438 g/mol. The molecule has 0 unspecified atom stereocenters. The van der Waals surface area contributed by atoms with Crippen molar-refractivity contribution in [1.29, 1.82) is 5.26 Å². The number of halogens is 1. The summed E-state index contributed by atoms with van der Waals surface area (Å²) in [5.41, 5.74) is 2.38. The molecule has 160 valence electrons. The number of para-hydroxylation sites is 1. The summed E-state index contributed by atoms with van der Waals surface area (Å²) < 4.78 is 13.6. The first-order chi connectivity index (χ1) is 14.7. The van der Waals surface area contributed by atoms with E-state index in [-0.39, 0.29) is 12.7 Å². The Balaban J connectivity index is 1.57. The minimum atomic E-state index is -0.542. The third kappa shape index (κ3) is 4.44. The number of rotatable bonds is 3. The molecule has 3 aromatic rings. The van der Waals surface area contributed by atoms with Crippen molar-refractivity contribution in [3.8, 4) is 11.8 Å². The number of nitrogens with zero attached hydrogens (tertiary/aromatic N) is 4. The average molecular weight is 439 g/mol. The molecule has 0 atom stereocenters. The number of hydrogen-bond donors (Lipinski definition) is 0. The lowest BCUT2D eigenvalue weighted by Gasteiger charge is -2.30. The van der Waals surface area contributed by atoms with Crippen molar-refractivity contribution < 1.29 is 14.3 Å². The van der Waals surface area contributed by atoms with Crippen molar-refractivity contribution in [2.24, 2.45) is 0 Å². The number of carbonyl (C=O) groups is 1. The molecule has 0 aliphatic carbocycles. The van der Waals surface area contributed by atoms with Crippen molar-refractivity contribution in [2.45, 2.75) is 46.1 Å². The molecule has 0 saturated carbocycles. The summed E-state index contributed by atoms with van der Waals surface area (Å²) in [6, 6.07) is 13.1. The largest absolute Gasteiger partial charge is 0.487 e. The molecule has 31 heavy (non-hydrogen) atoms. The normalized spacial score (nSPS) is 13.6. The third-order valence-electron chi connectivity index (χ3n) is 4.97. The van der Waals surface area contributed by atoms with Crippen LogP contribution in [0.2, 0.25) is 5.02 Å². The highest BCUT2D eigenvalue weighted by atomic mass is 35.5. The van der Waals surface area contributed by atoms with Crippen LogP contribution in [-0.4, -0.2) is 32.7 Å². The number of amides is 1. The Bertz CT molecular complexity index is 1190. The van der Waals surface area contributed by atoms with E-state index < -0.39 is 5.60 Å². The van der Waals surface area contributed by atoms with Gasteiger partial charge in [-0.15, -0.1) is 0 Å². The van der Waals surface area contributed by atoms with Crippen LogP contribution in [0.4, 0.5) is 4.79 Å². The van der Waals surface area contributed by atoms with E-state index in [4.69, 9.17) is 26.1 Å². The van der Waals surface area contributed by atoms with Crippen molar-refractivity contribution >= 4 is 28.7 Å². The van der Waals surface area contributed by atoms with Crippen molar-refractivity contribution in [2.75, 3.05) is 6.54 Å². The number of ether oxygens (including phenoxy) is 2. The molecule has 0 N–H and O–H groups in total. The van der Waals surface area contributed by atoms with Crippen LogP contribution in [-0.2, 0) is 24.4 Å². The van der Waals surface area contributed by atoms with Crippen LogP contribution in [0.1, 0.15) is 37.7 Å². The van der Waals surface area contributed by atoms with E-state index in [9.17, 15) is 10.1 Å². The Morgan fingerprint density at radius 2 is 2.06 bits per heavy atom. The van der Waals surface area contributed by atoms with E-state index in [1.165, 1.54) is 0 Å². The smallest absolute Gasteiger partial charge is 0.410 e. The number of aromatic nitrogens is 2. The highest BCUT2D eigenvalue weighted by Gasteiger charge is 2.28. The SMILES string of the molecule is CC(C)(C)OC(=O)N1CCn2c(nc3c(OCc4ccc(Cl)cc4C#N)cccc32)C1. The van der Waals surface area contributed by atoms with Crippen molar-refractivity contribution in [3.05, 3.63) is 58.4 Å². The lowest BCUT2D eigenvalue weighted by atomic mass is 10.1. The molecule has 0 bridgehead atoms. The lowest BCUT2D eigenvalue weighted by molar-refractivity contribution is 0.0196. The first-order valence-electron chi connectivity index (χ1n) is 10.0. The summed E-state index contributed by atoms with van der Waals surface area (Å²) in [4.78, 5) is 18.9. The minimum Gasteiger partial charge on any atom is -0.487 e. The van der Waals surface area contributed by atoms with Gasteiger partial charge in [0.25, 0.3) is 0 Å². The fourth-order valence-corrected chi connectivity index (χ4v) is 3.72. The van der Waals surface area contributed by atoms with E-state index >= 15 is 0 Å². The number of nitriles is 1. The van der Waals surface area contributed by atoms with E-state index in [0.717, 1.165) is 22.4 Å². The van der Waals surface area contributed by atoms with Gasteiger partial charge in [-0.2, -0.15) is 5.26 Å². The Morgan fingerprint density at radius 3 is 2.81 bits per heavy atom. The molecule has 1 amide bonds. The van der Waals surface area contributed by atoms with Crippen LogP contribution in [0.15, 0.2) is 36.4 Å². The van der Waals surface area contributed by atoms with Gasteiger partial charge >= 0.3 is 6.09 Å². The fraction of sp³-hybridized carbons (Fsp3) is 0.348. The van der Waals surface area contributed by atoms with E-state index in [1.807, 2.05) is 39.0 Å². The van der Waals surface area contributed by atoms with E-state index in [2.05, 4.69) is 10.6 Å². The van der Waals surface area contributed by atoms with Crippen LogP contribution >= 0.6 is 11.6 Å². The molecular weight excluding hydrogens is 416 g/mol. The predicted molar refractivity (Wildman–Crippen MR) is 117 cm³/mol. The summed E-state index contributed by atoms with van der Waals surface area (Å²) in [5, 5.41) is 9.85. The highest BCUT2D eigenvalue weighted by molar-refractivity contribution is 6.30. The van der Waals surface area contributed by atoms with Gasteiger partial charge in [-0.3, -0.25) is 4.90 Å². The molecule has 2 aromatic carbocycles. The van der Waals surface area contributed by atoms with Crippen LogP contribution in [0.25, 0.3) is 11.0 Å². The summed E-state index contributed by atoms with van der Waals surface area (Å²) in [6.07, 6.45) is -0.339. The van der Waals surface area contributed by atoms with Crippen LogP contribution in [0.3, 0.4) is 0 Å². The lowest BCUT2D eigenvalue weighted by Crippen LogP contribution is -2.41. The van der Waals surface area contributed by atoms with E-state index in [1.54, 1.807) is 23.1 Å². The van der Waals surface area contributed by atoms with Gasteiger partial charge in [0.15, 0.2) is 0 Å². The van der Waals surface area contributed by atoms with Gasteiger partial charge in [-0.1, -0.05) is 23.7 Å². The number of carbonyl (C=O) groups excluding carboxylic acids is 1. The highest BCUT2D eigenvalue weighted by Crippen LogP contribution is 2.29. The molecule has 1 aliphatic rings. The van der Waals surface area contributed by atoms with Gasteiger partial charge in [-0.25, -0.2) is 9.78 Å². The van der Waals surface area contributed by atoms with Gasteiger partial charge in [-0.05, 0) is 45.0 Å². The Morgan fingerprint density at radius 1 is 1.26 bits per heavy atom. The zero-order valence-electron chi connectivity index (χ0n) is 17.7. The quantitative estimate of drug-likeness (QED) is 0.581. The molecule has 0 fully saturated rings. The second kappa shape index (κ2) is 8.12. The minimum absolute atomic E-state index is 0.228. The third-order valence-corrected chi connectivity index (χ3v) is 5.21. The summed E-state index contributed by atoms with van der Waals surface area (Å²) >= 11 is 5.98. The Hall–Kier alpha value is -3.24. The first-order valence-corrected chi connectivity index (χ1v) is 10.4. The molecule has 7 nitrogen and oxygen atoms in total. The van der Waals surface area contributed by atoms with Crippen LogP contribution in [0, 0.1) is 11.3 Å². The molecule has 4 rings (SSSR count). The molecular formula is C23H23ClN4O3. The molecule has 1 aliphatic heterocycles. The second-order valence-corrected chi connectivity index (χ2v) is 8.84. The van der Waals surface area contributed by atoms with Gasteiger partial charge in [0.1, 0.15) is 29.3 Å². The van der Waals surface area contributed by atoms with Crippen LogP contribution < -0.4 is 4.74 Å². The maximum Gasteiger partial charge on any atom is 0.410 e. The molecule has 0 saturated heterocycles. The number of benzene rings is 2. The maximum absolute atomic E-state index is 12.5. The van der Waals surface area contributed by atoms with Crippen LogP contribution in [0.5, 0.6) is 5.75 Å². The maximum atomic E-state index is 12.5. The van der Waals surface area contributed by atoms with Crippen molar-refractivity contribution in [3.63, 3.8) is 0 Å². The summed E-state index contributed by atoms with van der Waals surface area (Å²) in [5.74, 6) is 1.41. The molecule has 2 heterocycles. The zero-order valence-corrected chi connectivity index (χ0v) is 18.4.